The van der Waals surface area contributed by atoms with Crippen LogP contribution in [0.15, 0.2) is 60.8 Å². The number of aromatic nitrogens is 1. The van der Waals surface area contributed by atoms with Crippen LogP contribution in [0.25, 0.3) is 0 Å². The topological polar surface area (TPSA) is 85.7 Å². The molecule has 8 heteroatoms. The highest BCUT2D eigenvalue weighted by Gasteiger charge is 2.29. The Morgan fingerprint density at radius 1 is 0.941 bits per heavy atom. The Morgan fingerprint density at radius 2 is 1.47 bits per heavy atom. The molecule has 0 aliphatic rings. The second-order valence-electron chi connectivity index (χ2n) is 7.96. The molecule has 2 aromatic carbocycles. The highest BCUT2D eigenvalue weighted by atomic mass is 19.1. The standard InChI is InChI=1S/C26H25F2NO5/c1-15(14-21(30)24-25(31)22(33-3)12-13-29-24)26(32)34-16(2)23(17-4-8-19(27)9-5-17)18-6-10-20(28)11-7-18/h4-13,15-16,23,31H,14H2,1-3H3/t15-,16+/m0/s1. The zero-order valence-corrected chi connectivity index (χ0v) is 19.0. The van der Waals surface area contributed by atoms with Gasteiger partial charge in [-0.3, -0.25) is 9.59 Å². The first-order chi connectivity index (χ1) is 16.2. The maximum absolute atomic E-state index is 13.5. The Balaban J connectivity index is 1.76. The van der Waals surface area contributed by atoms with Crippen LogP contribution in [0.4, 0.5) is 8.78 Å². The Labute approximate surface area is 196 Å². The molecule has 0 fully saturated rings. The molecule has 178 valence electrons. The molecule has 1 N–H and O–H groups in total. The lowest BCUT2D eigenvalue weighted by atomic mass is 9.87. The van der Waals surface area contributed by atoms with Gasteiger partial charge >= 0.3 is 5.97 Å². The number of carbonyl (C=O) groups excluding carboxylic acids is 2. The fraction of sp³-hybridized carbons (Fsp3) is 0.269. The molecular weight excluding hydrogens is 444 g/mol. The zero-order chi connectivity index (χ0) is 24.8. The van der Waals surface area contributed by atoms with Crippen molar-refractivity contribution in [3.05, 3.63) is 89.2 Å². The molecule has 0 aliphatic carbocycles. The quantitative estimate of drug-likeness (QED) is 0.349. The maximum atomic E-state index is 13.5. The van der Waals surface area contributed by atoms with Crippen LogP contribution in [0.5, 0.6) is 11.5 Å². The van der Waals surface area contributed by atoms with Gasteiger partial charge in [-0.05, 0) is 42.3 Å². The number of esters is 1. The molecule has 0 spiro atoms. The molecule has 3 rings (SSSR count). The fourth-order valence-corrected chi connectivity index (χ4v) is 3.71. The molecule has 0 amide bonds. The summed E-state index contributed by atoms with van der Waals surface area (Å²) in [4.78, 5) is 29.3. The number of halogens is 2. The van der Waals surface area contributed by atoms with E-state index in [9.17, 15) is 23.5 Å². The summed E-state index contributed by atoms with van der Waals surface area (Å²) >= 11 is 0. The maximum Gasteiger partial charge on any atom is 0.309 e. The third kappa shape index (κ3) is 5.75. The van der Waals surface area contributed by atoms with E-state index in [2.05, 4.69) is 4.98 Å². The van der Waals surface area contributed by atoms with Gasteiger partial charge < -0.3 is 14.6 Å². The van der Waals surface area contributed by atoms with Crippen molar-refractivity contribution in [2.24, 2.45) is 5.92 Å². The molecule has 0 aliphatic heterocycles. The molecule has 0 radical (unpaired) electrons. The van der Waals surface area contributed by atoms with Crippen LogP contribution in [-0.4, -0.2) is 35.1 Å². The first kappa shape index (κ1) is 24.8. The van der Waals surface area contributed by atoms with E-state index in [0.717, 1.165) is 0 Å². The summed E-state index contributed by atoms with van der Waals surface area (Å²) in [6.45, 7) is 3.22. The monoisotopic (exact) mass is 469 g/mol. The predicted molar refractivity (Wildman–Crippen MR) is 121 cm³/mol. The van der Waals surface area contributed by atoms with Gasteiger partial charge in [0.1, 0.15) is 17.7 Å². The van der Waals surface area contributed by atoms with E-state index in [0.29, 0.717) is 11.1 Å². The van der Waals surface area contributed by atoms with Crippen molar-refractivity contribution >= 4 is 11.8 Å². The number of methoxy groups -OCH3 is 1. The number of benzene rings is 2. The minimum Gasteiger partial charge on any atom is -0.503 e. The van der Waals surface area contributed by atoms with Gasteiger partial charge in [0, 0.05) is 24.6 Å². The lowest BCUT2D eigenvalue weighted by molar-refractivity contribution is -0.153. The molecule has 0 bridgehead atoms. The summed E-state index contributed by atoms with van der Waals surface area (Å²) < 4.78 is 37.6. The Kier molecular flexibility index (Phi) is 7.94. The van der Waals surface area contributed by atoms with Gasteiger partial charge in [0.25, 0.3) is 0 Å². The van der Waals surface area contributed by atoms with E-state index < -0.39 is 47.1 Å². The molecule has 0 unspecified atom stereocenters. The van der Waals surface area contributed by atoms with Gasteiger partial charge in [-0.2, -0.15) is 0 Å². The highest BCUT2D eigenvalue weighted by Crippen LogP contribution is 2.32. The van der Waals surface area contributed by atoms with E-state index in [1.807, 2.05) is 0 Å². The molecule has 1 heterocycles. The van der Waals surface area contributed by atoms with Crippen LogP contribution in [0.1, 0.15) is 47.8 Å². The van der Waals surface area contributed by atoms with Gasteiger partial charge in [-0.25, -0.2) is 13.8 Å². The Hall–Kier alpha value is -3.81. The minimum atomic E-state index is -0.829. The largest absolute Gasteiger partial charge is 0.503 e. The molecule has 34 heavy (non-hydrogen) atoms. The third-order valence-corrected chi connectivity index (χ3v) is 5.49. The average Bonchev–Trinajstić information content (AvgIpc) is 2.81. The van der Waals surface area contributed by atoms with Crippen LogP contribution in [0, 0.1) is 17.6 Å². The minimum absolute atomic E-state index is 0.101. The van der Waals surface area contributed by atoms with E-state index in [1.165, 1.54) is 50.6 Å². The summed E-state index contributed by atoms with van der Waals surface area (Å²) in [5.41, 5.74) is 1.17. The van der Waals surface area contributed by atoms with E-state index in [4.69, 9.17) is 9.47 Å². The van der Waals surface area contributed by atoms with E-state index in [1.54, 1.807) is 31.2 Å². The SMILES string of the molecule is COc1ccnc(C(=O)C[C@H](C)C(=O)O[C@H](C)C(c2ccc(F)cc2)c2ccc(F)cc2)c1O. The number of hydrogen-bond donors (Lipinski definition) is 1. The van der Waals surface area contributed by atoms with Gasteiger partial charge in [0.2, 0.25) is 0 Å². The summed E-state index contributed by atoms with van der Waals surface area (Å²) in [7, 11) is 1.35. The van der Waals surface area contributed by atoms with Crippen LogP contribution in [0.2, 0.25) is 0 Å². The Bertz CT molecular complexity index is 1100. The number of Topliss-reactive ketones (excluding diaryl/α,β-unsaturated/α-hetero) is 1. The van der Waals surface area contributed by atoms with Crippen molar-refractivity contribution in [3.63, 3.8) is 0 Å². The summed E-state index contributed by atoms with van der Waals surface area (Å²) in [5, 5.41) is 10.1. The van der Waals surface area contributed by atoms with Gasteiger partial charge in [-0.15, -0.1) is 0 Å². The lowest BCUT2D eigenvalue weighted by Gasteiger charge is -2.26. The number of nitrogens with zero attached hydrogens (tertiary/aromatic N) is 1. The van der Waals surface area contributed by atoms with Gasteiger partial charge in [-0.1, -0.05) is 31.2 Å². The second kappa shape index (κ2) is 10.9. The Morgan fingerprint density at radius 3 is 1.97 bits per heavy atom. The smallest absolute Gasteiger partial charge is 0.309 e. The number of aromatic hydroxyl groups is 1. The molecule has 1 aromatic heterocycles. The number of pyridine rings is 1. The molecule has 6 nitrogen and oxygen atoms in total. The first-order valence-electron chi connectivity index (χ1n) is 10.7. The first-order valence-corrected chi connectivity index (χ1v) is 10.7. The summed E-state index contributed by atoms with van der Waals surface area (Å²) in [5.74, 6) is -3.60. The number of hydrogen-bond acceptors (Lipinski definition) is 6. The van der Waals surface area contributed by atoms with Crippen molar-refractivity contribution in [1.29, 1.82) is 0 Å². The van der Waals surface area contributed by atoms with Crippen molar-refractivity contribution < 1.29 is 33.0 Å². The van der Waals surface area contributed by atoms with Crippen LogP contribution < -0.4 is 4.74 Å². The molecule has 0 saturated carbocycles. The predicted octanol–water partition coefficient (Wildman–Crippen LogP) is 5.05. The van der Waals surface area contributed by atoms with Gasteiger partial charge in [0.05, 0.1) is 13.0 Å². The number of rotatable bonds is 9. The molecule has 0 saturated heterocycles. The fourth-order valence-electron chi connectivity index (χ4n) is 3.71. The van der Waals surface area contributed by atoms with Crippen LogP contribution >= 0.6 is 0 Å². The van der Waals surface area contributed by atoms with E-state index in [-0.39, 0.29) is 17.9 Å². The van der Waals surface area contributed by atoms with Crippen LogP contribution in [0.3, 0.4) is 0 Å². The zero-order valence-electron chi connectivity index (χ0n) is 19.0. The van der Waals surface area contributed by atoms with Gasteiger partial charge in [0.15, 0.2) is 23.0 Å². The number of ketones is 1. The normalized spacial score (nSPS) is 12.8. The summed E-state index contributed by atoms with van der Waals surface area (Å²) in [6.07, 6.45) is 0.383. The van der Waals surface area contributed by atoms with Crippen molar-refractivity contribution in [2.75, 3.05) is 7.11 Å². The number of ether oxygens (including phenoxy) is 2. The highest BCUT2D eigenvalue weighted by molar-refractivity contribution is 5.99. The van der Waals surface area contributed by atoms with Crippen molar-refractivity contribution in [1.82, 2.24) is 4.98 Å². The average molecular weight is 469 g/mol. The number of carbonyl (C=O) groups is 2. The van der Waals surface area contributed by atoms with Crippen LogP contribution in [-0.2, 0) is 9.53 Å². The van der Waals surface area contributed by atoms with Crippen molar-refractivity contribution in [3.8, 4) is 11.5 Å². The third-order valence-electron chi connectivity index (χ3n) is 5.49. The second-order valence-corrected chi connectivity index (χ2v) is 7.96. The summed E-state index contributed by atoms with van der Waals surface area (Å²) in [6, 6.07) is 12.9. The lowest BCUT2D eigenvalue weighted by Crippen LogP contribution is -2.28. The van der Waals surface area contributed by atoms with Crippen molar-refractivity contribution in [2.45, 2.75) is 32.3 Å². The molecule has 2 atom stereocenters. The molecule has 3 aromatic rings. The van der Waals surface area contributed by atoms with E-state index >= 15 is 0 Å². The molecular formula is C26H25F2NO5.